The van der Waals surface area contributed by atoms with E-state index in [2.05, 4.69) is 27.4 Å². The van der Waals surface area contributed by atoms with E-state index >= 15 is 0 Å². The highest BCUT2D eigenvalue weighted by atomic mass is 16.1. The van der Waals surface area contributed by atoms with Crippen LogP contribution in [0.4, 0.5) is 0 Å². The van der Waals surface area contributed by atoms with Crippen LogP contribution < -0.4 is 0 Å². The Morgan fingerprint density at radius 2 is 2.21 bits per heavy atom. The summed E-state index contributed by atoms with van der Waals surface area (Å²) in [6.07, 6.45) is 5.62. The maximum atomic E-state index is 11.4. The number of carbonyl (C=O) groups is 1. The first kappa shape index (κ1) is 11.2. The van der Waals surface area contributed by atoms with Gasteiger partial charge in [-0.3, -0.25) is 4.79 Å². The van der Waals surface area contributed by atoms with Crippen molar-refractivity contribution in [2.75, 3.05) is 0 Å². The third-order valence-electron chi connectivity index (χ3n) is 3.26. The van der Waals surface area contributed by atoms with Gasteiger partial charge in [-0.15, -0.1) is 0 Å². The van der Waals surface area contributed by atoms with E-state index in [1.54, 1.807) is 0 Å². The number of carbonyl (C=O) groups excluding carboxylic acids is 1. The second kappa shape index (κ2) is 4.12. The molecule has 0 aromatic heterocycles. The van der Waals surface area contributed by atoms with Gasteiger partial charge in [0.1, 0.15) is 0 Å². The van der Waals surface area contributed by atoms with Crippen molar-refractivity contribution in [1.29, 1.82) is 0 Å². The Morgan fingerprint density at radius 1 is 1.57 bits per heavy atom. The van der Waals surface area contributed by atoms with E-state index in [-0.39, 0.29) is 11.2 Å². The maximum absolute atomic E-state index is 11.4. The van der Waals surface area contributed by atoms with Crippen molar-refractivity contribution in [3.63, 3.8) is 0 Å². The van der Waals surface area contributed by atoms with Crippen molar-refractivity contribution in [1.82, 2.24) is 0 Å². The van der Waals surface area contributed by atoms with E-state index in [9.17, 15) is 4.79 Å². The van der Waals surface area contributed by atoms with E-state index in [4.69, 9.17) is 0 Å². The lowest BCUT2D eigenvalue weighted by Crippen LogP contribution is -2.22. The lowest BCUT2D eigenvalue weighted by atomic mass is 9.71. The van der Waals surface area contributed by atoms with Crippen LogP contribution >= 0.6 is 0 Å². The van der Waals surface area contributed by atoms with Crippen molar-refractivity contribution in [2.24, 2.45) is 5.41 Å². The quantitative estimate of drug-likeness (QED) is 0.492. The molecular weight excluding hydrogens is 172 g/mol. The van der Waals surface area contributed by atoms with Crippen molar-refractivity contribution >= 4 is 5.78 Å². The van der Waals surface area contributed by atoms with E-state index in [0.717, 1.165) is 6.42 Å². The molecule has 0 unspecified atom stereocenters. The Labute approximate surface area is 86.9 Å². The van der Waals surface area contributed by atoms with Gasteiger partial charge in [-0.2, -0.15) is 0 Å². The Kier molecular flexibility index (Phi) is 3.30. The first-order valence-electron chi connectivity index (χ1n) is 5.32. The van der Waals surface area contributed by atoms with Crippen LogP contribution in [0, 0.1) is 5.41 Å². The van der Waals surface area contributed by atoms with E-state index in [0.29, 0.717) is 6.42 Å². The smallest absolute Gasteiger partial charge is 0.159 e. The van der Waals surface area contributed by atoms with Crippen LogP contribution in [0.2, 0.25) is 0 Å². The van der Waals surface area contributed by atoms with E-state index in [1.165, 1.54) is 30.1 Å². The zero-order chi connectivity index (χ0) is 10.8. The molecule has 0 aliphatic heterocycles. The van der Waals surface area contributed by atoms with E-state index in [1.807, 2.05) is 0 Å². The summed E-state index contributed by atoms with van der Waals surface area (Å²) in [5.41, 5.74) is 2.96. The Bertz CT molecular complexity index is 282. The summed E-state index contributed by atoms with van der Waals surface area (Å²) in [6.45, 7) is 10.2. The number of allylic oxidation sites excluding steroid dienone is 3. The Morgan fingerprint density at radius 3 is 2.71 bits per heavy atom. The fraction of sp³-hybridized carbons (Fsp3) is 0.615. The van der Waals surface area contributed by atoms with Crippen molar-refractivity contribution in [3.05, 3.63) is 23.8 Å². The van der Waals surface area contributed by atoms with Crippen molar-refractivity contribution < 1.29 is 4.79 Å². The van der Waals surface area contributed by atoms with Gasteiger partial charge in [0, 0.05) is 6.42 Å². The predicted octanol–water partition coefficient (Wildman–Crippen LogP) is 3.66. The van der Waals surface area contributed by atoms with Crippen LogP contribution in [-0.2, 0) is 4.79 Å². The molecule has 0 aromatic carbocycles. The summed E-state index contributed by atoms with van der Waals surface area (Å²) in [5.74, 6) is 0.148. The molecule has 78 valence electrons. The second-order valence-electron chi connectivity index (χ2n) is 4.84. The fourth-order valence-electron chi connectivity index (χ4n) is 2.31. The standard InChI is InChI=1S/C13H20O/c1-5-11(14)9-12-10(2)7-6-8-13(12,3)4/h5H,1,6-9H2,2-4H3. The average molecular weight is 192 g/mol. The Hall–Kier alpha value is -0.850. The van der Waals surface area contributed by atoms with Crippen LogP contribution in [-0.4, -0.2) is 5.78 Å². The molecule has 0 aromatic rings. The summed E-state index contributed by atoms with van der Waals surface area (Å²) < 4.78 is 0. The monoisotopic (exact) mass is 192 g/mol. The summed E-state index contributed by atoms with van der Waals surface area (Å²) in [4.78, 5) is 11.4. The molecule has 0 saturated heterocycles. The van der Waals surface area contributed by atoms with Gasteiger partial charge >= 0.3 is 0 Å². The average Bonchev–Trinajstić information content (AvgIpc) is 2.11. The second-order valence-corrected chi connectivity index (χ2v) is 4.84. The molecule has 1 rings (SSSR count). The Balaban J connectivity index is 2.90. The molecule has 1 nitrogen and oxygen atoms in total. The fourth-order valence-corrected chi connectivity index (χ4v) is 2.31. The van der Waals surface area contributed by atoms with Gasteiger partial charge in [-0.25, -0.2) is 0 Å². The SMILES string of the molecule is C=CC(=O)CC1=C(C)CCCC1(C)C. The van der Waals surface area contributed by atoms with Gasteiger partial charge in [-0.1, -0.05) is 31.6 Å². The third kappa shape index (κ3) is 2.34. The number of hydrogen-bond donors (Lipinski definition) is 0. The number of hydrogen-bond acceptors (Lipinski definition) is 1. The van der Waals surface area contributed by atoms with E-state index < -0.39 is 0 Å². The van der Waals surface area contributed by atoms with Gasteiger partial charge in [0.05, 0.1) is 0 Å². The van der Waals surface area contributed by atoms with Crippen LogP contribution in [0.3, 0.4) is 0 Å². The van der Waals surface area contributed by atoms with Gasteiger partial charge in [0.15, 0.2) is 5.78 Å². The number of rotatable bonds is 3. The van der Waals surface area contributed by atoms with Crippen LogP contribution in [0.25, 0.3) is 0 Å². The lowest BCUT2D eigenvalue weighted by molar-refractivity contribution is -0.114. The zero-order valence-corrected chi connectivity index (χ0v) is 9.52. The molecule has 0 radical (unpaired) electrons. The first-order valence-corrected chi connectivity index (χ1v) is 5.32. The molecule has 0 heterocycles. The van der Waals surface area contributed by atoms with Crippen LogP contribution in [0.5, 0.6) is 0 Å². The first-order chi connectivity index (χ1) is 6.47. The summed E-state index contributed by atoms with van der Waals surface area (Å²) in [5, 5.41) is 0. The number of ketones is 1. The summed E-state index contributed by atoms with van der Waals surface area (Å²) >= 11 is 0. The van der Waals surface area contributed by atoms with Gasteiger partial charge in [-0.05, 0) is 37.7 Å². The third-order valence-corrected chi connectivity index (χ3v) is 3.26. The van der Waals surface area contributed by atoms with Gasteiger partial charge in [0.25, 0.3) is 0 Å². The molecule has 0 N–H and O–H groups in total. The lowest BCUT2D eigenvalue weighted by Gasteiger charge is -2.34. The minimum absolute atomic E-state index is 0.148. The molecule has 0 fully saturated rings. The van der Waals surface area contributed by atoms with Gasteiger partial charge in [0.2, 0.25) is 0 Å². The zero-order valence-electron chi connectivity index (χ0n) is 9.52. The molecular formula is C13H20O. The van der Waals surface area contributed by atoms with Crippen molar-refractivity contribution in [3.8, 4) is 0 Å². The molecule has 14 heavy (non-hydrogen) atoms. The van der Waals surface area contributed by atoms with Gasteiger partial charge < -0.3 is 0 Å². The van der Waals surface area contributed by atoms with Crippen LogP contribution in [0.1, 0.15) is 46.5 Å². The maximum Gasteiger partial charge on any atom is 0.159 e. The molecule has 1 heteroatoms. The normalized spacial score (nSPS) is 20.8. The molecule has 0 atom stereocenters. The highest BCUT2D eigenvalue weighted by Gasteiger charge is 2.28. The topological polar surface area (TPSA) is 17.1 Å². The summed E-state index contributed by atoms with van der Waals surface area (Å²) in [7, 11) is 0. The predicted molar refractivity (Wildman–Crippen MR) is 60.2 cm³/mol. The minimum atomic E-state index is 0.148. The largest absolute Gasteiger partial charge is 0.295 e. The van der Waals surface area contributed by atoms with Crippen molar-refractivity contribution in [2.45, 2.75) is 46.5 Å². The molecule has 1 aliphatic rings. The molecule has 0 saturated carbocycles. The highest BCUT2D eigenvalue weighted by Crippen LogP contribution is 2.41. The minimum Gasteiger partial charge on any atom is -0.295 e. The summed E-state index contributed by atoms with van der Waals surface area (Å²) in [6, 6.07) is 0. The molecule has 0 spiro atoms. The van der Waals surface area contributed by atoms with Crippen LogP contribution in [0.15, 0.2) is 23.8 Å². The molecule has 0 amide bonds. The molecule has 0 bridgehead atoms. The highest BCUT2D eigenvalue weighted by molar-refractivity contribution is 5.91. The molecule has 1 aliphatic carbocycles.